The van der Waals surface area contributed by atoms with E-state index in [0.717, 1.165) is 24.9 Å². The molecule has 98 valence electrons. The van der Waals surface area contributed by atoms with Gasteiger partial charge in [0.25, 0.3) is 0 Å². The van der Waals surface area contributed by atoms with Crippen LogP contribution in [0.1, 0.15) is 31.7 Å². The van der Waals surface area contributed by atoms with Crippen LogP contribution >= 0.6 is 11.3 Å². The monoisotopic (exact) mass is 265 g/mol. The Bertz CT molecular complexity index is 492. The molecule has 0 fully saturated rings. The average molecular weight is 265 g/mol. The van der Waals surface area contributed by atoms with Gasteiger partial charge in [-0.25, -0.2) is 0 Å². The van der Waals surface area contributed by atoms with Gasteiger partial charge in [0.15, 0.2) is 0 Å². The molecule has 1 N–H and O–H groups in total. The molecule has 0 spiro atoms. The Morgan fingerprint density at radius 2 is 2.22 bits per heavy atom. The lowest BCUT2D eigenvalue weighted by molar-refractivity contribution is 0.355. The van der Waals surface area contributed by atoms with E-state index in [9.17, 15) is 0 Å². The number of nitrogens with zero attached hydrogens (tertiary/aromatic N) is 2. The van der Waals surface area contributed by atoms with Crippen molar-refractivity contribution in [3.05, 3.63) is 22.2 Å². The summed E-state index contributed by atoms with van der Waals surface area (Å²) in [7, 11) is 0. The fraction of sp³-hybridized carbons (Fsp3) is 0.538. The first-order valence-electron chi connectivity index (χ1n) is 6.33. The Labute approximate surface area is 111 Å². The second-order valence-corrected chi connectivity index (χ2v) is 5.09. The summed E-state index contributed by atoms with van der Waals surface area (Å²) < 4.78 is 5.33. The van der Waals surface area contributed by atoms with Gasteiger partial charge in [-0.1, -0.05) is 19.0 Å². The molecule has 0 bridgehead atoms. The zero-order valence-electron chi connectivity index (χ0n) is 11.1. The summed E-state index contributed by atoms with van der Waals surface area (Å²) in [6.07, 6.45) is 1.85. The van der Waals surface area contributed by atoms with Crippen molar-refractivity contribution in [3.63, 3.8) is 0 Å². The Morgan fingerprint density at radius 3 is 2.83 bits per heavy atom. The minimum atomic E-state index is 0.409. The lowest BCUT2D eigenvalue weighted by Crippen LogP contribution is -2.30. The zero-order chi connectivity index (χ0) is 13.0. The van der Waals surface area contributed by atoms with Gasteiger partial charge in [-0.15, -0.1) is 0 Å². The van der Waals surface area contributed by atoms with E-state index < -0.39 is 0 Å². The fourth-order valence-electron chi connectivity index (χ4n) is 1.90. The molecule has 0 aliphatic heterocycles. The molecule has 18 heavy (non-hydrogen) atoms. The molecule has 0 aliphatic rings. The number of hydrogen-bond donors (Lipinski definition) is 1. The van der Waals surface area contributed by atoms with Gasteiger partial charge >= 0.3 is 0 Å². The van der Waals surface area contributed by atoms with Crippen molar-refractivity contribution in [1.82, 2.24) is 15.5 Å². The summed E-state index contributed by atoms with van der Waals surface area (Å²) in [4.78, 5) is 4.47. The quantitative estimate of drug-likeness (QED) is 0.872. The minimum Gasteiger partial charge on any atom is -0.339 e. The first kappa shape index (κ1) is 13.2. The van der Waals surface area contributed by atoms with E-state index in [2.05, 4.69) is 47.0 Å². The number of aromatic nitrogens is 2. The molecule has 0 saturated carbocycles. The summed E-state index contributed by atoms with van der Waals surface area (Å²) in [6, 6.07) is 0.409. The molecule has 4 nitrogen and oxygen atoms in total. The van der Waals surface area contributed by atoms with Crippen molar-refractivity contribution >= 4 is 11.3 Å². The Morgan fingerprint density at radius 1 is 1.39 bits per heavy atom. The van der Waals surface area contributed by atoms with Gasteiger partial charge in [0, 0.05) is 23.4 Å². The van der Waals surface area contributed by atoms with Crippen LogP contribution in [0, 0.1) is 6.92 Å². The molecule has 1 atom stereocenters. The van der Waals surface area contributed by atoms with Crippen LogP contribution in [0.3, 0.4) is 0 Å². The van der Waals surface area contributed by atoms with Crippen LogP contribution in [0.2, 0.25) is 0 Å². The van der Waals surface area contributed by atoms with Crippen LogP contribution in [-0.4, -0.2) is 22.7 Å². The highest BCUT2D eigenvalue weighted by molar-refractivity contribution is 7.08. The van der Waals surface area contributed by atoms with Crippen LogP contribution in [0.15, 0.2) is 15.3 Å². The van der Waals surface area contributed by atoms with Gasteiger partial charge in [0.05, 0.1) is 0 Å². The number of nitrogens with one attached hydrogen (secondary N) is 1. The van der Waals surface area contributed by atoms with Crippen LogP contribution in [0.25, 0.3) is 11.4 Å². The third-order valence-electron chi connectivity index (χ3n) is 2.97. The smallest absolute Gasteiger partial charge is 0.228 e. The molecule has 2 aromatic rings. The Hall–Kier alpha value is -1.20. The summed E-state index contributed by atoms with van der Waals surface area (Å²) >= 11 is 1.66. The zero-order valence-corrected chi connectivity index (χ0v) is 11.9. The molecule has 1 unspecified atom stereocenters. The molecule has 0 saturated heterocycles. The normalized spacial score (nSPS) is 12.8. The van der Waals surface area contributed by atoms with Crippen LogP contribution in [0.4, 0.5) is 0 Å². The van der Waals surface area contributed by atoms with Gasteiger partial charge in [-0.05, 0) is 30.8 Å². The van der Waals surface area contributed by atoms with Crippen molar-refractivity contribution in [2.24, 2.45) is 0 Å². The van der Waals surface area contributed by atoms with Crippen molar-refractivity contribution in [2.75, 3.05) is 6.54 Å². The lowest BCUT2D eigenvalue weighted by atomic mass is 10.1. The SMILES string of the molecule is CCNC(CC)Cc1nc(-c2cscc2C)no1. The van der Waals surface area contributed by atoms with E-state index in [1.807, 2.05) is 0 Å². The highest BCUT2D eigenvalue weighted by atomic mass is 32.1. The fourth-order valence-corrected chi connectivity index (χ4v) is 2.72. The van der Waals surface area contributed by atoms with E-state index >= 15 is 0 Å². The highest BCUT2D eigenvalue weighted by Crippen LogP contribution is 2.24. The van der Waals surface area contributed by atoms with Crippen molar-refractivity contribution in [1.29, 1.82) is 0 Å². The number of thiophene rings is 1. The molecular weight excluding hydrogens is 246 g/mol. The van der Waals surface area contributed by atoms with Crippen LogP contribution in [-0.2, 0) is 6.42 Å². The lowest BCUT2D eigenvalue weighted by Gasteiger charge is -2.12. The largest absolute Gasteiger partial charge is 0.339 e. The maximum atomic E-state index is 5.33. The van der Waals surface area contributed by atoms with Crippen LogP contribution in [0.5, 0.6) is 0 Å². The average Bonchev–Trinajstić information content (AvgIpc) is 2.97. The van der Waals surface area contributed by atoms with E-state index in [4.69, 9.17) is 4.52 Å². The molecule has 0 radical (unpaired) electrons. The maximum Gasteiger partial charge on any atom is 0.228 e. The van der Waals surface area contributed by atoms with Crippen LogP contribution < -0.4 is 5.32 Å². The number of hydrogen-bond acceptors (Lipinski definition) is 5. The molecule has 2 rings (SSSR count). The minimum absolute atomic E-state index is 0.409. The van der Waals surface area contributed by atoms with E-state index in [-0.39, 0.29) is 0 Å². The predicted octanol–water partition coefficient (Wildman–Crippen LogP) is 3.04. The number of aryl methyl sites for hydroxylation is 1. The summed E-state index contributed by atoms with van der Waals surface area (Å²) in [5, 5.41) is 11.6. The van der Waals surface area contributed by atoms with Crippen molar-refractivity contribution < 1.29 is 4.52 Å². The predicted molar refractivity (Wildman–Crippen MR) is 73.8 cm³/mol. The van der Waals surface area contributed by atoms with E-state index in [0.29, 0.717) is 17.8 Å². The molecule has 0 aromatic carbocycles. The van der Waals surface area contributed by atoms with E-state index in [1.165, 1.54) is 5.56 Å². The van der Waals surface area contributed by atoms with Gasteiger partial charge in [-0.2, -0.15) is 16.3 Å². The van der Waals surface area contributed by atoms with Gasteiger partial charge < -0.3 is 9.84 Å². The van der Waals surface area contributed by atoms with Crippen molar-refractivity contribution in [3.8, 4) is 11.4 Å². The molecule has 5 heteroatoms. The maximum absolute atomic E-state index is 5.33. The first-order chi connectivity index (χ1) is 8.74. The molecular formula is C13H19N3OS. The standard InChI is InChI=1S/C13H19N3OS/c1-4-10(14-5-2)6-12-15-13(16-17-12)11-8-18-7-9(11)3/h7-8,10,14H,4-6H2,1-3H3. The van der Waals surface area contributed by atoms with Crippen molar-refractivity contribution in [2.45, 2.75) is 39.7 Å². The third-order valence-corrected chi connectivity index (χ3v) is 3.83. The number of rotatable bonds is 6. The topological polar surface area (TPSA) is 51.0 Å². The molecule has 0 aliphatic carbocycles. The summed E-state index contributed by atoms with van der Waals surface area (Å²) in [5.74, 6) is 1.42. The second kappa shape index (κ2) is 6.11. The van der Waals surface area contributed by atoms with Gasteiger partial charge in [0.1, 0.15) is 0 Å². The third kappa shape index (κ3) is 2.97. The summed E-state index contributed by atoms with van der Waals surface area (Å²) in [5.41, 5.74) is 2.28. The molecule has 0 amide bonds. The molecule has 2 aromatic heterocycles. The highest BCUT2D eigenvalue weighted by Gasteiger charge is 2.14. The molecule has 2 heterocycles. The Kier molecular flexibility index (Phi) is 4.49. The summed E-state index contributed by atoms with van der Waals surface area (Å²) in [6.45, 7) is 7.29. The Balaban J connectivity index is 2.09. The first-order valence-corrected chi connectivity index (χ1v) is 7.28. The van der Waals surface area contributed by atoms with Gasteiger partial charge in [0.2, 0.25) is 11.7 Å². The van der Waals surface area contributed by atoms with Gasteiger partial charge in [-0.3, -0.25) is 0 Å². The second-order valence-electron chi connectivity index (χ2n) is 4.35. The number of likely N-dealkylation sites (N-methyl/N-ethyl adjacent to an activating group) is 1. The van der Waals surface area contributed by atoms with E-state index in [1.54, 1.807) is 11.3 Å².